The van der Waals surface area contributed by atoms with E-state index in [0.29, 0.717) is 6.42 Å². The molecule has 0 fully saturated rings. The first-order valence-electron chi connectivity index (χ1n) is 9.09. The molecule has 130 valence electrons. The van der Waals surface area contributed by atoms with Crippen molar-refractivity contribution in [1.29, 1.82) is 0 Å². The highest BCUT2D eigenvalue weighted by Gasteiger charge is 1.97. The fraction of sp³-hybridized carbons (Fsp3) is 0.889. The third-order valence-electron chi connectivity index (χ3n) is 3.94. The Morgan fingerprint density at radius 1 is 0.682 bits per heavy atom. The van der Waals surface area contributed by atoms with E-state index in [1.54, 1.807) is 6.92 Å². The Balaban J connectivity index is 2.99. The quantitative estimate of drug-likeness (QED) is 0.407. The number of nitrogens with one attached hydrogen (secondary N) is 1. The Morgan fingerprint density at radius 3 is 1.41 bits per heavy atom. The summed E-state index contributed by atoms with van der Waals surface area (Å²) in [5.41, 5.74) is 0. The van der Waals surface area contributed by atoms with Gasteiger partial charge in [0.1, 0.15) is 0 Å². The molecule has 0 bridgehead atoms. The van der Waals surface area contributed by atoms with Gasteiger partial charge in [-0.15, -0.1) is 0 Å². The molecule has 0 aliphatic heterocycles. The van der Waals surface area contributed by atoms with E-state index in [1.165, 1.54) is 64.2 Å². The summed E-state index contributed by atoms with van der Waals surface area (Å²) in [6, 6.07) is 0. The Bertz CT molecular complexity index is 252. The summed E-state index contributed by atoms with van der Waals surface area (Å²) in [5, 5.41) is 11.3. The van der Waals surface area contributed by atoms with Crippen LogP contribution in [0, 0.1) is 0 Å². The molecule has 0 heterocycles. The minimum absolute atomic E-state index is 0.0712. The molecule has 0 spiro atoms. The summed E-state index contributed by atoms with van der Waals surface area (Å²) < 4.78 is 0. The van der Waals surface area contributed by atoms with Crippen LogP contribution in [0.25, 0.3) is 0 Å². The van der Waals surface area contributed by atoms with Gasteiger partial charge in [-0.25, -0.2) is 0 Å². The van der Waals surface area contributed by atoms with Crippen molar-refractivity contribution < 1.29 is 14.7 Å². The summed E-state index contributed by atoms with van der Waals surface area (Å²) in [4.78, 5) is 21.0. The Labute approximate surface area is 136 Å². The second-order valence-corrected chi connectivity index (χ2v) is 6.22. The molecule has 0 aromatic heterocycles. The maximum atomic E-state index is 10.7. The van der Waals surface area contributed by atoms with Gasteiger partial charge in [-0.3, -0.25) is 9.59 Å². The highest BCUT2D eigenvalue weighted by molar-refractivity contribution is 5.72. The Morgan fingerprint density at radius 2 is 1.05 bits per heavy atom. The number of hydrogen-bond acceptors (Lipinski definition) is 2. The third kappa shape index (κ3) is 18.9. The number of unbranched alkanes of at least 4 members (excludes halogenated alkanes) is 12. The first-order valence-corrected chi connectivity index (χ1v) is 9.09. The van der Waals surface area contributed by atoms with Gasteiger partial charge in [-0.2, -0.15) is 0 Å². The van der Waals surface area contributed by atoms with Crippen molar-refractivity contribution in [3.63, 3.8) is 0 Å². The lowest BCUT2D eigenvalue weighted by atomic mass is 10.0. The second kappa shape index (κ2) is 16.3. The van der Waals surface area contributed by atoms with Crippen LogP contribution in [0.3, 0.4) is 0 Å². The molecule has 0 radical (unpaired) electrons. The molecule has 0 saturated heterocycles. The lowest BCUT2D eigenvalue weighted by Gasteiger charge is -2.03. The first-order chi connectivity index (χ1) is 10.6. The number of carboxylic acid groups (broad SMARTS) is 1. The zero-order valence-electron chi connectivity index (χ0n) is 14.4. The van der Waals surface area contributed by atoms with E-state index >= 15 is 0 Å². The molecule has 2 N–H and O–H groups in total. The van der Waals surface area contributed by atoms with Crippen molar-refractivity contribution >= 4 is 11.9 Å². The molecule has 0 atom stereocenters. The van der Waals surface area contributed by atoms with Crippen molar-refractivity contribution in [3.8, 4) is 0 Å². The van der Waals surface area contributed by atoms with E-state index in [9.17, 15) is 9.59 Å². The van der Waals surface area contributed by atoms with E-state index in [1.807, 2.05) is 0 Å². The fourth-order valence-electron chi connectivity index (χ4n) is 2.61. The molecular formula is C18H35NO3. The molecule has 4 heteroatoms. The SMILES string of the molecule is CC(=O)NCCCCCCCCCCCCCCCC(=O)O. The van der Waals surface area contributed by atoms with E-state index in [0.717, 1.165) is 25.8 Å². The molecule has 1 amide bonds. The predicted octanol–water partition coefficient (Wildman–Crippen LogP) is 4.67. The largest absolute Gasteiger partial charge is 0.481 e. The molecule has 0 aromatic rings. The second-order valence-electron chi connectivity index (χ2n) is 6.22. The van der Waals surface area contributed by atoms with Gasteiger partial charge in [0, 0.05) is 19.9 Å². The van der Waals surface area contributed by atoms with Crippen molar-refractivity contribution in [1.82, 2.24) is 5.32 Å². The number of carbonyl (C=O) groups is 2. The van der Waals surface area contributed by atoms with Crippen molar-refractivity contribution in [2.24, 2.45) is 0 Å². The highest BCUT2D eigenvalue weighted by Crippen LogP contribution is 2.12. The molecule has 0 aliphatic carbocycles. The van der Waals surface area contributed by atoms with Crippen LogP contribution in [0.4, 0.5) is 0 Å². The molecule has 0 aromatic carbocycles. The van der Waals surface area contributed by atoms with Crippen LogP contribution >= 0.6 is 0 Å². The van der Waals surface area contributed by atoms with Crippen LogP contribution < -0.4 is 5.32 Å². The number of aliphatic carboxylic acids is 1. The molecule has 0 aliphatic rings. The minimum atomic E-state index is -0.671. The molecular weight excluding hydrogens is 278 g/mol. The van der Waals surface area contributed by atoms with Crippen LogP contribution in [-0.4, -0.2) is 23.5 Å². The monoisotopic (exact) mass is 313 g/mol. The van der Waals surface area contributed by atoms with E-state index < -0.39 is 5.97 Å². The smallest absolute Gasteiger partial charge is 0.303 e. The van der Waals surface area contributed by atoms with E-state index in [4.69, 9.17) is 5.11 Å². The van der Waals surface area contributed by atoms with Crippen LogP contribution in [0.5, 0.6) is 0 Å². The third-order valence-corrected chi connectivity index (χ3v) is 3.94. The van der Waals surface area contributed by atoms with Gasteiger partial charge < -0.3 is 10.4 Å². The number of carbonyl (C=O) groups excluding carboxylic acids is 1. The van der Waals surface area contributed by atoms with Gasteiger partial charge in [0.15, 0.2) is 0 Å². The molecule has 4 nitrogen and oxygen atoms in total. The summed E-state index contributed by atoms with van der Waals surface area (Å²) in [6.45, 7) is 2.39. The minimum Gasteiger partial charge on any atom is -0.481 e. The van der Waals surface area contributed by atoms with E-state index in [2.05, 4.69) is 5.32 Å². The van der Waals surface area contributed by atoms with Crippen LogP contribution in [0.2, 0.25) is 0 Å². The Hall–Kier alpha value is -1.06. The average molecular weight is 313 g/mol. The number of amides is 1. The summed E-state index contributed by atoms with van der Waals surface area (Å²) in [6.07, 6.45) is 16.2. The lowest BCUT2D eigenvalue weighted by molar-refractivity contribution is -0.137. The Kier molecular flexibility index (Phi) is 15.5. The van der Waals surface area contributed by atoms with E-state index in [-0.39, 0.29) is 5.91 Å². The number of hydrogen-bond donors (Lipinski definition) is 2. The highest BCUT2D eigenvalue weighted by atomic mass is 16.4. The topological polar surface area (TPSA) is 66.4 Å². The average Bonchev–Trinajstić information content (AvgIpc) is 2.46. The van der Waals surface area contributed by atoms with Crippen molar-refractivity contribution in [3.05, 3.63) is 0 Å². The summed E-state index contributed by atoms with van der Waals surface area (Å²) in [7, 11) is 0. The maximum Gasteiger partial charge on any atom is 0.303 e. The normalized spacial score (nSPS) is 10.6. The molecule has 0 saturated carbocycles. The van der Waals surface area contributed by atoms with Crippen LogP contribution in [0.15, 0.2) is 0 Å². The standard InChI is InChI=1S/C18H35NO3/c1-17(20)19-16-14-12-10-8-6-4-2-3-5-7-9-11-13-15-18(21)22/h2-16H2,1H3,(H,19,20)(H,21,22). The summed E-state index contributed by atoms with van der Waals surface area (Å²) >= 11 is 0. The van der Waals surface area contributed by atoms with Gasteiger partial charge in [0.05, 0.1) is 0 Å². The van der Waals surface area contributed by atoms with Gasteiger partial charge in [0.25, 0.3) is 0 Å². The number of carboxylic acids is 1. The van der Waals surface area contributed by atoms with Gasteiger partial charge >= 0.3 is 5.97 Å². The molecule has 0 unspecified atom stereocenters. The fourth-order valence-corrected chi connectivity index (χ4v) is 2.61. The zero-order chi connectivity index (χ0) is 16.5. The molecule has 22 heavy (non-hydrogen) atoms. The molecule has 0 rings (SSSR count). The predicted molar refractivity (Wildman–Crippen MR) is 91.0 cm³/mol. The maximum absolute atomic E-state index is 10.7. The van der Waals surface area contributed by atoms with Gasteiger partial charge in [-0.05, 0) is 12.8 Å². The number of rotatable bonds is 16. The summed E-state index contributed by atoms with van der Waals surface area (Å²) in [5.74, 6) is -0.600. The van der Waals surface area contributed by atoms with Crippen LogP contribution in [0.1, 0.15) is 96.8 Å². The first kappa shape index (κ1) is 20.9. The van der Waals surface area contributed by atoms with Crippen molar-refractivity contribution in [2.75, 3.05) is 6.54 Å². The van der Waals surface area contributed by atoms with Crippen molar-refractivity contribution in [2.45, 2.75) is 96.8 Å². The van der Waals surface area contributed by atoms with Gasteiger partial charge in [0.2, 0.25) is 5.91 Å². The van der Waals surface area contributed by atoms with Crippen LogP contribution in [-0.2, 0) is 9.59 Å². The lowest BCUT2D eigenvalue weighted by Crippen LogP contribution is -2.20. The zero-order valence-corrected chi connectivity index (χ0v) is 14.4. The van der Waals surface area contributed by atoms with Gasteiger partial charge in [-0.1, -0.05) is 70.6 Å².